The van der Waals surface area contributed by atoms with Crippen LogP contribution in [0, 0.1) is 0 Å². The Morgan fingerprint density at radius 1 is 1.19 bits per heavy atom. The summed E-state index contributed by atoms with van der Waals surface area (Å²) in [6.45, 7) is 1.62. The van der Waals surface area contributed by atoms with Gasteiger partial charge in [-0.05, 0) is 32.9 Å². The molecule has 3 N–H and O–H groups in total. The fourth-order valence-electron chi connectivity index (χ4n) is 2.95. The maximum absolute atomic E-state index is 12.9. The smallest absolute Gasteiger partial charge is 0.251 e. The quantitative estimate of drug-likeness (QED) is 0.710. The molecule has 1 heterocycles. The van der Waals surface area contributed by atoms with Gasteiger partial charge in [0.25, 0.3) is 5.92 Å². The summed E-state index contributed by atoms with van der Waals surface area (Å²) in [5.41, 5.74) is 3.76. The maximum atomic E-state index is 12.9. The lowest BCUT2D eigenvalue weighted by atomic mass is 9.61. The van der Waals surface area contributed by atoms with Crippen LogP contribution in [-0.4, -0.2) is 47.2 Å². The molecule has 94 valence electrons. The highest BCUT2D eigenvalue weighted by atomic mass is 19.3. The summed E-state index contributed by atoms with van der Waals surface area (Å²) in [5, 5.41) is 10.5. The number of likely N-dealkylation sites (tertiary alicyclic amines) is 1. The Labute approximate surface area is 94.6 Å². The third-order valence-electron chi connectivity index (χ3n) is 4.11. The van der Waals surface area contributed by atoms with Crippen LogP contribution in [0.15, 0.2) is 0 Å². The fraction of sp³-hybridized carbons (Fsp3) is 1.00. The van der Waals surface area contributed by atoms with Gasteiger partial charge in [-0.1, -0.05) is 0 Å². The third-order valence-corrected chi connectivity index (χ3v) is 4.11. The SMILES string of the molecule is CN1CCCC(O)(C2(N)CC(F)(F)C2)CC1. The van der Waals surface area contributed by atoms with E-state index in [-0.39, 0.29) is 12.8 Å². The van der Waals surface area contributed by atoms with Crippen molar-refractivity contribution in [3.63, 3.8) is 0 Å². The second-order valence-electron chi connectivity index (χ2n) is 5.55. The molecule has 1 saturated carbocycles. The molecule has 2 rings (SSSR count). The second kappa shape index (κ2) is 3.62. The summed E-state index contributed by atoms with van der Waals surface area (Å²) < 4.78 is 25.9. The second-order valence-corrected chi connectivity index (χ2v) is 5.55. The third kappa shape index (κ3) is 1.96. The first-order chi connectivity index (χ1) is 7.27. The van der Waals surface area contributed by atoms with E-state index in [9.17, 15) is 13.9 Å². The van der Waals surface area contributed by atoms with E-state index in [1.807, 2.05) is 7.05 Å². The largest absolute Gasteiger partial charge is 0.388 e. The molecule has 3 nitrogen and oxygen atoms in total. The lowest BCUT2D eigenvalue weighted by Crippen LogP contribution is -2.71. The molecule has 0 amide bonds. The molecule has 0 aromatic rings. The molecule has 0 aromatic heterocycles. The summed E-state index contributed by atoms with van der Waals surface area (Å²) in [5.74, 6) is -2.68. The van der Waals surface area contributed by atoms with Crippen LogP contribution >= 0.6 is 0 Å². The fourth-order valence-corrected chi connectivity index (χ4v) is 2.95. The van der Waals surface area contributed by atoms with Crippen LogP contribution in [0.2, 0.25) is 0 Å². The van der Waals surface area contributed by atoms with Gasteiger partial charge in [0.2, 0.25) is 0 Å². The van der Waals surface area contributed by atoms with Crippen molar-refractivity contribution in [3.05, 3.63) is 0 Å². The Hall–Kier alpha value is -0.260. The minimum atomic E-state index is -2.68. The molecular formula is C11H20F2N2O. The average Bonchev–Trinajstić information content (AvgIpc) is 2.26. The van der Waals surface area contributed by atoms with E-state index in [0.717, 1.165) is 19.5 Å². The first-order valence-corrected chi connectivity index (χ1v) is 5.84. The van der Waals surface area contributed by atoms with Crippen molar-refractivity contribution in [2.75, 3.05) is 20.1 Å². The predicted molar refractivity (Wildman–Crippen MR) is 57.4 cm³/mol. The van der Waals surface area contributed by atoms with Gasteiger partial charge in [0.15, 0.2) is 0 Å². The van der Waals surface area contributed by atoms with Gasteiger partial charge in [-0.3, -0.25) is 0 Å². The van der Waals surface area contributed by atoms with E-state index >= 15 is 0 Å². The Morgan fingerprint density at radius 2 is 1.81 bits per heavy atom. The summed E-state index contributed by atoms with van der Waals surface area (Å²) in [6.07, 6.45) is 1.10. The minimum Gasteiger partial charge on any atom is -0.388 e. The van der Waals surface area contributed by atoms with Crippen molar-refractivity contribution in [2.24, 2.45) is 5.73 Å². The Morgan fingerprint density at radius 3 is 2.38 bits per heavy atom. The van der Waals surface area contributed by atoms with Gasteiger partial charge in [-0.25, -0.2) is 8.78 Å². The van der Waals surface area contributed by atoms with Gasteiger partial charge >= 0.3 is 0 Å². The zero-order valence-corrected chi connectivity index (χ0v) is 9.68. The zero-order valence-electron chi connectivity index (χ0n) is 9.68. The van der Waals surface area contributed by atoms with Crippen LogP contribution in [0.3, 0.4) is 0 Å². The van der Waals surface area contributed by atoms with Gasteiger partial charge in [0.05, 0.1) is 11.1 Å². The normalized spacial score (nSPS) is 38.8. The first-order valence-electron chi connectivity index (χ1n) is 5.84. The number of hydrogen-bond donors (Lipinski definition) is 2. The van der Waals surface area contributed by atoms with E-state index in [1.165, 1.54) is 0 Å². The summed E-state index contributed by atoms with van der Waals surface area (Å²) >= 11 is 0. The van der Waals surface area contributed by atoms with E-state index in [4.69, 9.17) is 5.73 Å². The topological polar surface area (TPSA) is 49.5 Å². The van der Waals surface area contributed by atoms with Crippen molar-refractivity contribution in [3.8, 4) is 0 Å². The van der Waals surface area contributed by atoms with E-state index in [1.54, 1.807) is 0 Å². The molecular weight excluding hydrogens is 214 g/mol. The van der Waals surface area contributed by atoms with Crippen LogP contribution in [-0.2, 0) is 0 Å². The van der Waals surface area contributed by atoms with Gasteiger partial charge in [-0.2, -0.15) is 0 Å². The number of hydrogen-bond acceptors (Lipinski definition) is 3. The molecule has 0 radical (unpaired) electrons. The standard InChI is InChI=1S/C11H20F2N2O/c1-15-5-2-3-10(16,4-6-15)9(14)7-11(12,13)8-9/h16H,2-8,14H2,1H3. The Kier molecular flexibility index (Phi) is 2.76. The van der Waals surface area contributed by atoms with Crippen molar-refractivity contribution < 1.29 is 13.9 Å². The molecule has 1 atom stereocenters. The molecule has 1 saturated heterocycles. The Bertz CT molecular complexity index is 277. The van der Waals surface area contributed by atoms with Crippen LogP contribution in [0.4, 0.5) is 8.78 Å². The molecule has 1 aliphatic carbocycles. The van der Waals surface area contributed by atoms with Crippen molar-refractivity contribution in [2.45, 2.75) is 49.2 Å². The van der Waals surface area contributed by atoms with Crippen molar-refractivity contribution in [1.29, 1.82) is 0 Å². The van der Waals surface area contributed by atoms with Crippen LogP contribution in [0.1, 0.15) is 32.1 Å². The number of aliphatic hydroxyl groups is 1. The van der Waals surface area contributed by atoms with Crippen LogP contribution in [0.25, 0.3) is 0 Å². The highest BCUT2D eigenvalue weighted by molar-refractivity contribution is 5.15. The van der Waals surface area contributed by atoms with Crippen molar-refractivity contribution >= 4 is 0 Å². The summed E-state index contributed by atoms with van der Waals surface area (Å²) in [4.78, 5) is 2.11. The van der Waals surface area contributed by atoms with E-state index < -0.39 is 17.1 Å². The highest BCUT2D eigenvalue weighted by Crippen LogP contribution is 2.51. The van der Waals surface area contributed by atoms with E-state index in [2.05, 4.69) is 4.90 Å². The van der Waals surface area contributed by atoms with Crippen LogP contribution < -0.4 is 5.73 Å². The molecule has 0 aromatic carbocycles. The number of nitrogens with zero attached hydrogens (tertiary/aromatic N) is 1. The molecule has 2 fully saturated rings. The molecule has 1 aliphatic heterocycles. The van der Waals surface area contributed by atoms with Crippen molar-refractivity contribution in [1.82, 2.24) is 4.90 Å². The molecule has 16 heavy (non-hydrogen) atoms. The lowest BCUT2D eigenvalue weighted by molar-refractivity contribution is -0.193. The average molecular weight is 234 g/mol. The Balaban J connectivity index is 2.07. The van der Waals surface area contributed by atoms with Gasteiger partial charge in [-0.15, -0.1) is 0 Å². The monoisotopic (exact) mass is 234 g/mol. The van der Waals surface area contributed by atoms with Gasteiger partial charge < -0.3 is 15.7 Å². The molecule has 1 unspecified atom stereocenters. The first kappa shape index (κ1) is 12.2. The number of alkyl halides is 2. The van der Waals surface area contributed by atoms with E-state index in [0.29, 0.717) is 12.8 Å². The molecule has 2 aliphatic rings. The number of halogens is 2. The number of rotatable bonds is 1. The van der Waals surface area contributed by atoms with Gasteiger partial charge in [0.1, 0.15) is 0 Å². The predicted octanol–water partition coefficient (Wildman–Crippen LogP) is 0.960. The lowest BCUT2D eigenvalue weighted by Gasteiger charge is -2.54. The molecule has 0 spiro atoms. The zero-order chi connectivity index (χ0) is 12.0. The maximum Gasteiger partial charge on any atom is 0.251 e. The van der Waals surface area contributed by atoms with Gasteiger partial charge in [0, 0.05) is 19.4 Å². The summed E-state index contributed by atoms with van der Waals surface area (Å²) in [6, 6.07) is 0. The molecule has 5 heteroatoms. The molecule has 0 bridgehead atoms. The van der Waals surface area contributed by atoms with Crippen LogP contribution in [0.5, 0.6) is 0 Å². The summed E-state index contributed by atoms with van der Waals surface area (Å²) in [7, 11) is 1.98. The highest BCUT2D eigenvalue weighted by Gasteiger charge is 2.63. The number of nitrogens with two attached hydrogens (primary N) is 1. The minimum absolute atomic E-state index is 0.375.